The molecule has 146 valence electrons. The summed E-state index contributed by atoms with van der Waals surface area (Å²) >= 11 is 0. The van der Waals surface area contributed by atoms with Gasteiger partial charge in [0, 0.05) is 26.1 Å². The summed E-state index contributed by atoms with van der Waals surface area (Å²) in [7, 11) is 0. The molecule has 1 fully saturated rings. The second-order valence-corrected chi connectivity index (χ2v) is 6.90. The highest BCUT2D eigenvalue weighted by molar-refractivity contribution is 6.00. The summed E-state index contributed by atoms with van der Waals surface area (Å²) in [5.41, 5.74) is 1.15. The summed E-state index contributed by atoms with van der Waals surface area (Å²) in [6, 6.07) is 11.7. The Labute approximate surface area is 162 Å². The van der Waals surface area contributed by atoms with Crippen LogP contribution < -0.4 is 14.4 Å². The molecular weight excluding hydrogens is 363 g/mol. The summed E-state index contributed by atoms with van der Waals surface area (Å²) in [4.78, 5) is 28.5. The molecule has 4 rings (SSSR count). The van der Waals surface area contributed by atoms with Crippen molar-refractivity contribution in [2.45, 2.75) is 19.9 Å². The van der Waals surface area contributed by atoms with Crippen molar-refractivity contribution in [2.75, 3.05) is 24.8 Å². The zero-order valence-corrected chi connectivity index (χ0v) is 15.6. The van der Waals surface area contributed by atoms with Crippen molar-refractivity contribution in [1.82, 2.24) is 4.90 Å². The Balaban J connectivity index is 1.47. The van der Waals surface area contributed by atoms with E-state index in [4.69, 9.17) is 9.47 Å². The number of hydrogen-bond donors (Lipinski definition) is 0. The molecule has 0 N–H and O–H groups in total. The minimum Gasteiger partial charge on any atom is -0.454 e. The molecule has 0 spiro atoms. The first-order valence-electron chi connectivity index (χ1n) is 9.29. The highest BCUT2D eigenvalue weighted by atomic mass is 19.1. The van der Waals surface area contributed by atoms with Crippen molar-refractivity contribution in [3.63, 3.8) is 0 Å². The largest absolute Gasteiger partial charge is 0.454 e. The number of halogens is 1. The minimum absolute atomic E-state index is 0.0881. The van der Waals surface area contributed by atoms with E-state index in [0.717, 1.165) is 5.56 Å². The van der Waals surface area contributed by atoms with E-state index in [-0.39, 0.29) is 37.3 Å². The number of ether oxygens (including phenoxy) is 2. The van der Waals surface area contributed by atoms with Crippen LogP contribution >= 0.6 is 0 Å². The molecule has 2 aliphatic rings. The van der Waals surface area contributed by atoms with E-state index >= 15 is 0 Å². The molecule has 0 aromatic heterocycles. The van der Waals surface area contributed by atoms with E-state index in [9.17, 15) is 14.0 Å². The Morgan fingerprint density at radius 2 is 2.00 bits per heavy atom. The molecule has 0 bridgehead atoms. The monoisotopic (exact) mass is 384 g/mol. The second kappa shape index (κ2) is 7.50. The molecule has 7 heteroatoms. The topological polar surface area (TPSA) is 59.1 Å². The Hall–Kier alpha value is -3.09. The number of nitrogens with zero attached hydrogens (tertiary/aromatic N) is 2. The highest BCUT2D eigenvalue weighted by Crippen LogP contribution is 2.33. The maximum absolute atomic E-state index is 14.1. The van der Waals surface area contributed by atoms with Crippen molar-refractivity contribution in [1.29, 1.82) is 0 Å². The Kier molecular flexibility index (Phi) is 4.90. The van der Waals surface area contributed by atoms with Crippen LogP contribution in [0.5, 0.6) is 11.5 Å². The summed E-state index contributed by atoms with van der Waals surface area (Å²) in [6.07, 6.45) is 0.0881. The number of anilines is 1. The summed E-state index contributed by atoms with van der Waals surface area (Å²) in [5, 5.41) is 0. The van der Waals surface area contributed by atoms with Gasteiger partial charge < -0.3 is 19.3 Å². The van der Waals surface area contributed by atoms with Crippen LogP contribution in [0.1, 0.15) is 18.9 Å². The molecule has 2 aromatic rings. The van der Waals surface area contributed by atoms with E-state index in [2.05, 4.69) is 0 Å². The molecule has 2 heterocycles. The standard InChI is InChI=1S/C21H21FN2O4/c1-2-23(11-14-7-8-18-19(9-14)28-13-27-18)21(26)15-10-20(25)24(12-15)17-6-4-3-5-16(17)22/h3-9,15H,2,10-13H2,1H3. The zero-order valence-electron chi connectivity index (χ0n) is 15.6. The summed E-state index contributed by atoms with van der Waals surface area (Å²) in [6.45, 7) is 3.21. The van der Waals surface area contributed by atoms with Gasteiger partial charge in [0.1, 0.15) is 5.82 Å². The van der Waals surface area contributed by atoms with Gasteiger partial charge in [0.05, 0.1) is 11.6 Å². The van der Waals surface area contributed by atoms with Crippen LogP contribution in [0.4, 0.5) is 10.1 Å². The van der Waals surface area contributed by atoms with Crippen LogP contribution in [0.25, 0.3) is 0 Å². The van der Waals surface area contributed by atoms with Gasteiger partial charge in [-0.1, -0.05) is 18.2 Å². The molecule has 0 aliphatic carbocycles. The molecule has 2 amide bonds. The molecule has 1 unspecified atom stereocenters. The van der Waals surface area contributed by atoms with Crippen LogP contribution in [0.3, 0.4) is 0 Å². The van der Waals surface area contributed by atoms with Crippen molar-refractivity contribution in [2.24, 2.45) is 5.92 Å². The average molecular weight is 384 g/mol. The number of benzene rings is 2. The van der Waals surface area contributed by atoms with E-state index in [1.54, 1.807) is 23.1 Å². The van der Waals surface area contributed by atoms with Gasteiger partial charge in [-0.25, -0.2) is 4.39 Å². The third-order valence-electron chi connectivity index (χ3n) is 5.12. The number of carbonyl (C=O) groups is 2. The third-order valence-corrected chi connectivity index (χ3v) is 5.12. The maximum atomic E-state index is 14.1. The first-order chi connectivity index (χ1) is 13.6. The number of rotatable bonds is 5. The fraction of sp³-hybridized carbons (Fsp3) is 0.333. The van der Waals surface area contributed by atoms with E-state index in [0.29, 0.717) is 24.6 Å². The predicted molar refractivity (Wildman–Crippen MR) is 101 cm³/mol. The molecule has 0 radical (unpaired) electrons. The fourth-order valence-corrected chi connectivity index (χ4v) is 3.64. The number of hydrogen-bond acceptors (Lipinski definition) is 4. The van der Waals surface area contributed by atoms with Crippen LogP contribution in [0.2, 0.25) is 0 Å². The average Bonchev–Trinajstić information content (AvgIpc) is 3.32. The van der Waals surface area contributed by atoms with E-state index < -0.39 is 11.7 Å². The lowest BCUT2D eigenvalue weighted by molar-refractivity contribution is -0.136. The van der Waals surface area contributed by atoms with Gasteiger partial charge >= 0.3 is 0 Å². The van der Waals surface area contributed by atoms with Gasteiger partial charge in [0.2, 0.25) is 18.6 Å². The lowest BCUT2D eigenvalue weighted by Crippen LogP contribution is -2.37. The quantitative estimate of drug-likeness (QED) is 0.795. The molecule has 2 aliphatic heterocycles. The highest BCUT2D eigenvalue weighted by Gasteiger charge is 2.37. The molecule has 0 saturated carbocycles. The molecule has 2 aromatic carbocycles. The van der Waals surface area contributed by atoms with Crippen molar-refractivity contribution in [3.8, 4) is 11.5 Å². The van der Waals surface area contributed by atoms with Gasteiger partial charge in [-0.05, 0) is 36.8 Å². The van der Waals surface area contributed by atoms with Crippen LogP contribution in [0.15, 0.2) is 42.5 Å². The van der Waals surface area contributed by atoms with Gasteiger partial charge in [-0.15, -0.1) is 0 Å². The first-order valence-corrected chi connectivity index (χ1v) is 9.29. The number of fused-ring (bicyclic) bond motifs is 1. The fourth-order valence-electron chi connectivity index (χ4n) is 3.64. The maximum Gasteiger partial charge on any atom is 0.231 e. The Bertz CT molecular complexity index is 917. The predicted octanol–water partition coefficient (Wildman–Crippen LogP) is 2.96. The molecule has 1 atom stereocenters. The number of amides is 2. The molecule has 1 saturated heterocycles. The van der Waals surface area contributed by atoms with Gasteiger partial charge in [0.25, 0.3) is 0 Å². The molecule has 28 heavy (non-hydrogen) atoms. The lowest BCUT2D eigenvalue weighted by atomic mass is 10.1. The van der Waals surface area contributed by atoms with E-state index in [1.165, 1.54) is 11.0 Å². The Morgan fingerprint density at radius 1 is 1.21 bits per heavy atom. The van der Waals surface area contributed by atoms with Crippen LogP contribution in [-0.4, -0.2) is 36.6 Å². The van der Waals surface area contributed by atoms with Crippen LogP contribution in [-0.2, 0) is 16.1 Å². The third kappa shape index (κ3) is 3.40. The SMILES string of the molecule is CCN(Cc1ccc2c(c1)OCO2)C(=O)C1CC(=O)N(c2ccccc2F)C1. The van der Waals surface area contributed by atoms with Gasteiger partial charge in [-0.3, -0.25) is 9.59 Å². The minimum atomic E-state index is -0.485. The lowest BCUT2D eigenvalue weighted by Gasteiger charge is -2.24. The van der Waals surface area contributed by atoms with Crippen molar-refractivity contribution in [3.05, 3.63) is 53.8 Å². The number of para-hydroxylation sites is 1. The Morgan fingerprint density at radius 3 is 2.79 bits per heavy atom. The first kappa shape index (κ1) is 18.3. The van der Waals surface area contributed by atoms with Crippen molar-refractivity contribution < 1.29 is 23.5 Å². The van der Waals surface area contributed by atoms with Gasteiger partial charge in [-0.2, -0.15) is 0 Å². The molecule has 6 nitrogen and oxygen atoms in total. The second-order valence-electron chi connectivity index (χ2n) is 6.90. The smallest absolute Gasteiger partial charge is 0.231 e. The van der Waals surface area contributed by atoms with Gasteiger partial charge in [0.15, 0.2) is 11.5 Å². The van der Waals surface area contributed by atoms with Crippen molar-refractivity contribution >= 4 is 17.5 Å². The normalized spacial score (nSPS) is 17.9. The summed E-state index contributed by atoms with van der Waals surface area (Å²) in [5.74, 6) is 0.0791. The van der Waals surface area contributed by atoms with E-state index in [1.807, 2.05) is 25.1 Å². The summed E-state index contributed by atoms with van der Waals surface area (Å²) < 4.78 is 24.8. The van der Waals surface area contributed by atoms with Crippen LogP contribution in [0, 0.1) is 11.7 Å². The molecular formula is C21H21FN2O4. The zero-order chi connectivity index (χ0) is 19.7. The number of carbonyl (C=O) groups excluding carboxylic acids is 2.